The Morgan fingerprint density at radius 1 is 1.38 bits per heavy atom. The van der Waals surface area contributed by atoms with E-state index in [0.29, 0.717) is 12.3 Å². The summed E-state index contributed by atoms with van der Waals surface area (Å²) in [5.74, 6) is 0. The average Bonchev–Trinajstić information content (AvgIpc) is 2.41. The first kappa shape index (κ1) is 17.4. The molecule has 1 aromatic rings. The van der Waals surface area contributed by atoms with Crippen molar-refractivity contribution < 1.29 is 13.2 Å². The Balaban J connectivity index is 2.57. The molecule has 0 radical (unpaired) electrons. The molecular formula is C13H20N4O3S. The lowest BCUT2D eigenvalue weighted by molar-refractivity contribution is 0.122. The summed E-state index contributed by atoms with van der Waals surface area (Å²) in [4.78, 5) is 1.89. The fourth-order valence-corrected chi connectivity index (χ4v) is 2.69. The number of sulfonamides is 1. The Labute approximate surface area is 125 Å². The number of nitrogen functional groups attached to an aromatic ring is 1. The van der Waals surface area contributed by atoms with Crippen LogP contribution in [0.5, 0.6) is 0 Å². The Bertz CT molecular complexity index is 608. The SMILES string of the molecule is CN(C)CCOCCNS(=O)(=O)c1ccc(N)cc1C#N. The van der Waals surface area contributed by atoms with E-state index in [1.807, 2.05) is 25.1 Å². The standard InChI is InChI=1S/C13H20N4O3S/c1-17(2)6-8-20-7-5-16-21(18,19)13-4-3-12(15)9-11(13)10-14/h3-4,9,16H,5-8,15H2,1-2H3. The first-order valence-corrected chi connectivity index (χ1v) is 7.87. The maximum atomic E-state index is 12.1. The van der Waals surface area contributed by atoms with Gasteiger partial charge in [-0.05, 0) is 32.3 Å². The van der Waals surface area contributed by atoms with E-state index in [4.69, 9.17) is 15.7 Å². The molecule has 0 aliphatic heterocycles. The second-order valence-electron chi connectivity index (χ2n) is 4.68. The number of nitrogens with zero attached hydrogens (tertiary/aromatic N) is 2. The fraction of sp³-hybridized carbons (Fsp3) is 0.462. The highest BCUT2D eigenvalue weighted by atomic mass is 32.2. The molecule has 0 bridgehead atoms. The first-order valence-electron chi connectivity index (χ1n) is 6.38. The zero-order valence-corrected chi connectivity index (χ0v) is 13.0. The van der Waals surface area contributed by atoms with Crippen molar-refractivity contribution in [3.8, 4) is 6.07 Å². The molecule has 0 saturated heterocycles. The second-order valence-corrected chi connectivity index (χ2v) is 6.42. The van der Waals surface area contributed by atoms with Gasteiger partial charge in [0.05, 0.1) is 23.7 Å². The number of rotatable bonds is 8. The van der Waals surface area contributed by atoms with E-state index >= 15 is 0 Å². The van der Waals surface area contributed by atoms with Crippen molar-refractivity contribution >= 4 is 15.7 Å². The Kier molecular flexibility index (Phi) is 6.58. The van der Waals surface area contributed by atoms with Crippen molar-refractivity contribution in [2.75, 3.05) is 46.1 Å². The van der Waals surface area contributed by atoms with Crippen LogP contribution in [0.1, 0.15) is 5.56 Å². The Morgan fingerprint density at radius 3 is 2.71 bits per heavy atom. The Morgan fingerprint density at radius 2 is 2.10 bits per heavy atom. The quantitative estimate of drug-likeness (QED) is 0.516. The largest absolute Gasteiger partial charge is 0.399 e. The third-order valence-corrected chi connectivity index (χ3v) is 4.15. The molecule has 3 N–H and O–H groups in total. The minimum Gasteiger partial charge on any atom is -0.399 e. The van der Waals surface area contributed by atoms with Gasteiger partial charge in [0.25, 0.3) is 0 Å². The van der Waals surface area contributed by atoms with E-state index < -0.39 is 10.0 Å². The zero-order valence-electron chi connectivity index (χ0n) is 12.2. The number of likely N-dealkylation sites (N-methyl/N-ethyl adjacent to an activating group) is 1. The van der Waals surface area contributed by atoms with Crippen LogP contribution in [0.25, 0.3) is 0 Å². The highest BCUT2D eigenvalue weighted by Gasteiger charge is 2.18. The van der Waals surface area contributed by atoms with Gasteiger partial charge < -0.3 is 15.4 Å². The molecule has 0 fully saturated rings. The lowest BCUT2D eigenvalue weighted by Gasteiger charge is -2.11. The minimum atomic E-state index is -3.74. The third kappa shape index (κ3) is 5.69. The van der Waals surface area contributed by atoms with Crippen LogP contribution in [-0.2, 0) is 14.8 Å². The van der Waals surface area contributed by atoms with Crippen molar-refractivity contribution in [3.05, 3.63) is 23.8 Å². The van der Waals surface area contributed by atoms with Gasteiger partial charge >= 0.3 is 0 Å². The zero-order chi connectivity index (χ0) is 15.9. The van der Waals surface area contributed by atoms with Gasteiger partial charge in [0, 0.05) is 18.8 Å². The molecule has 0 aliphatic rings. The molecule has 8 heteroatoms. The number of anilines is 1. The number of nitrogens with one attached hydrogen (secondary N) is 1. The van der Waals surface area contributed by atoms with E-state index in [1.54, 1.807) is 0 Å². The van der Waals surface area contributed by atoms with Crippen LogP contribution in [0.2, 0.25) is 0 Å². The molecule has 0 amide bonds. The summed E-state index contributed by atoms with van der Waals surface area (Å²) in [6, 6.07) is 5.94. The predicted octanol–water partition coefficient (Wildman–Crippen LogP) is -0.00302. The number of ether oxygens (including phenoxy) is 1. The summed E-state index contributed by atoms with van der Waals surface area (Å²) in [5.41, 5.74) is 5.90. The van der Waals surface area contributed by atoms with Gasteiger partial charge in [-0.3, -0.25) is 0 Å². The van der Waals surface area contributed by atoms with E-state index in [-0.39, 0.29) is 23.6 Å². The lowest BCUT2D eigenvalue weighted by atomic mass is 10.2. The van der Waals surface area contributed by atoms with Crippen molar-refractivity contribution in [2.24, 2.45) is 0 Å². The van der Waals surface area contributed by atoms with Gasteiger partial charge in [0.1, 0.15) is 6.07 Å². The lowest BCUT2D eigenvalue weighted by Crippen LogP contribution is -2.29. The minimum absolute atomic E-state index is 0.0241. The van der Waals surface area contributed by atoms with E-state index in [1.165, 1.54) is 18.2 Å². The molecule has 0 saturated carbocycles. The molecule has 0 heterocycles. The smallest absolute Gasteiger partial charge is 0.241 e. The third-order valence-electron chi connectivity index (χ3n) is 2.63. The van der Waals surface area contributed by atoms with Crippen LogP contribution in [0.15, 0.2) is 23.1 Å². The van der Waals surface area contributed by atoms with E-state index in [0.717, 1.165) is 6.54 Å². The fourth-order valence-electron chi connectivity index (χ4n) is 1.54. The summed E-state index contributed by atoms with van der Waals surface area (Å²) < 4.78 is 31.9. The van der Waals surface area contributed by atoms with Crippen LogP contribution in [0.3, 0.4) is 0 Å². The van der Waals surface area contributed by atoms with Crippen LogP contribution in [-0.4, -0.2) is 53.7 Å². The molecule has 0 atom stereocenters. The van der Waals surface area contributed by atoms with Crippen molar-refractivity contribution in [3.63, 3.8) is 0 Å². The van der Waals surface area contributed by atoms with Gasteiger partial charge in [-0.25, -0.2) is 13.1 Å². The van der Waals surface area contributed by atoms with Gasteiger partial charge in [0.15, 0.2) is 0 Å². The molecule has 0 aromatic heterocycles. The van der Waals surface area contributed by atoms with E-state index in [9.17, 15) is 8.42 Å². The summed E-state index contributed by atoms with van der Waals surface area (Å²) in [5, 5.41) is 8.97. The average molecular weight is 312 g/mol. The normalized spacial score (nSPS) is 11.5. The molecule has 0 spiro atoms. The highest BCUT2D eigenvalue weighted by Crippen LogP contribution is 2.17. The highest BCUT2D eigenvalue weighted by molar-refractivity contribution is 7.89. The topological polar surface area (TPSA) is 108 Å². The Hall–Kier alpha value is -1.66. The molecular weight excluding hydrogens is 292 g/mol. The van der Waals surface area contributed by atoms with E-state index in [2.05, 4.69) is 4.72 Å². The second kappa shape index (κ2) is 7.95. The molecule has 1 aromatic carbocycles. The van der Waals surface area contributed by atoms with Crippen LogP contribution in [0.4, 0.5) is 5.69 Å². The van der Waals surface area contributed by atoms with Gasteiger partial charge in [0.2, 0.25) is 10.0 Å². The van der Waals surface area contributed by atoms with Crippen LogP contribution < -0.4 is 10.5 Å². The summed E-state index contributed by atoms with van der Waals surface area (Å²) in [7, 11) is 0.113. The molecule has 21 heavy (non-hydrogen) atoms. The number of nitrogens with two attached hydrogens (primary N) is 1. The summed E-state index contributed by atoms with van der Waals surface area (Å²) in [6.07, 6.45) is 0. The number of benzene rings is 1. The van der Waals surface area contributed by atoms with Gasteiger partial charge in [-0.2, -0.15) is 5.26 Å². The number of hydrogen-bond donors (Lipinski definition) is 2. The monoisotopic (exact) mass is 312 g/mol. The van der Waals surface area contributed by atoms with Gasteiger partial charge in [-0.15, -0.1) is 0 Å². The number of hydrogen-bond acceptors (Lipinski definition) is 6. The molecule has 116 valence electrons. The molecule has 0 aliphatic carbocycles. The van der Waals surface area contributed by atoms with Crippen molar-refractivity contribution in [1.82, 2.24) is 9.62 Å². The summed E-state index contributed by atoms with van der Waals surface area (Å²) >= 11 is 0. The summed E-state index contributed by atoms with van der Waals surface area (Å²) in [6.45, 7) is 1.71. The molecule has 1 rings (SSSR count). The maximum Gasteiger partial charge on any atom is 0.241 e. The van der Waals surface area contributed by atoms with Gasteiger partial charge in [-0.1, -0.05) is 0 Å². The van der Waals surface area contributed by atoms with Crippen molar-refractivity contribution in [1.29, 1.82) is 5.26 Å². The van der Waals surface area contributed by atoms with Crippen LogP contribution >= 0.6 is 0 Å². The maximum absolute atomic E-state index is 12.1. The van der Waals surface area contributed by atoms with Crippen LogP contribution in [0, 0.1) is 11.3 Å². The first-order chi connectivity index (χ1) is 9.86. The number of nitriles is 1. The molecule has 0 unspecified atom stereocenters. The molecule has 7 nitrogen and oxygen atoms in total. The van der Waals surface area contributed by atoms with Crippen molar-refractivity contribution in [2.45, 2.75) is 4.90 Å². The predicted molar refractivity (Wildman–Crippen MR) is 80.1 cm³/mol.